The fourth-order valence-corrected chi connectivity index (χ4v) is 4.41. The van der Waals surface area contributed by atoms with Crippen LogP contribution in [0.1, 0.15) is 37.1 Å². The summed E-state index contributed by atoms with van der Waals surface area (Å²) in [6.45, 7) is 0.560. The maximum absolute atomic E-state index is 13.4. The molecular formula is C22H28N6O3. The van der Waals surface area contributed by atoms with E-state index < -0.39 is 5.92 Å². The third-order valence-electron chi connectivity index (χ3n) is 5.97. The molecule has 1 aliphatic carbocycles. The Balaban J connectivity index is 1.45. The second kappa shape index (κ2) is 8.87. The number of amides is 1. The third kappa shape index (κ3) is 4.45. The molecule has 31 heavy (non-hydrogen) atoms. The number of para-hydroxylation sites is 1. The molecule has 1 aliphatic heterocycles. The second-order valence-electron chi connectivity index (χ2n) is 8.28. The van der Waals surface area contributed by atoms with Gasteiger partial charge in [-0.05, 0) is 30.9 Å². The van der Waals surface area contributed by atoms with Gasteiger partial charge in [-0.2, -0.15) is 15.0 Å². The first kappa shape index (κ1) is 21.0. The highest BCUT2D eigenvalue weighted by Crippen LogP contribution is 2.36. The van der Waals surface area contributed by atoms with E-state index in [1.165, 1.54) is 5.56 Å². The quantitative estimate of drug-likeness (QED) is 0.725. The molecule has 1 saturated carbocycles. The molecule has 9 nitrogen and oxygen atoms in total. The Morgan fingerprint density at radius 3 is 2.65 bits per heavy atom. The number of hydrogen-bond acceptors (Lipinski definition) is 8. The normalized spacial score (nSPS) is 20.3. The van der Waals surface area contributed by atoms with Gasteiger partial charge in [0.05, 0.1) is 11.8 Å². The van der Waals surface area contributed by atoms with Crippen LogP contribution in [0.5, 0.6) is 0 Å². The van der Waals surface area contributed by atoms with Crippen LogP contribution in [0.15, 0.2) is 24.3 Å². The molecule has 0 bridgehead atoms. The number of nitrogens with zero attached hydrogens (tertiary/aromatic N) is 5. The summed E-state index contributed by atoms with van der Waals surface area (Å²) in [7, 11) is 3.58. The fourth-order valence-electron chi connectivity index (χ4n) is 4.41. The molecule has 2 atom stereocenters. The molecule has 1 aromatic heterocycles. The molecule has 1 fully saturated rings. The highest BCUT2D eigenvalue weighted by atomic mass is 16.5. The zero-order chi connectivity index (χ0) is 22.0. The number of aromatic nitrogens is 3. The Morgan fingerprint density at radius 2 is 1.87 bits per heavy atom. The van der Waals surface area contributed by atoms with Crippen molar-refractivity contribution in [3.05, 3.63) is 35.7 Å². The summed E-state index contributed by atoms with van der Waals surface area (Å²) < 4.78 is 5.53. The van der Waals surface area contributed by atoms with Crippen molar-refractivity contribution in [2.45, 2.75) is 38.7 Å². The van der Waals surface area contributed by atoms with E-state index in [0.717, 1.165) is 24.9 Å². The highest BCUT2D eigenvalue weighted by molar-refractivity contribution is 5.99. The minimum Gasteiger partial charge on any atom is -0.457 e. The lowest BCUT2D eigenvalue weighted by Gasteiger charge is -2.32. The standard InChI is InChI=1S/C22H28N6O3/c1-27(2)22-25-18(24-21(23)26-22)13-31-20(30)16-9-5-4-8-15(16)19(29)28-12-11-14-7-3-6-10-17(14)28/h3,6-7,10,15-16H,4-5,8-9,11-13H2,1-2H3,(H2,23,24,25,26)/t15-,16+/m1/s1. The Kier molecular flexibility index (Phi) is 6.01. The van der Waals surface area contributed by atoms with Crippen molar-refractivity contribution in [3.63, 3.8) is 0 Å². The average Bonchev–Trinajstić information content (AvgIpc) is 3.21. The minimum atomic E-state index is -0.457. The van der Waals surface area contributed by atoms with Crippen LogP contribution in [0.3, 0.4) is 0 Å². The molecule has 164 valence electrons. The van der Waals surface area contributed by atoms with Gasteiger partial charge in [0.25, 0.3) is 0 Å². The first-order chi connectivity index (χ1) is 14.9. The van der Waals surface area contributed by atoms with Crippen molar-refractivity contribution in [1.29, 1.82) is 0 Å². The van der Waals surface area contributed by atoms with Gasteiger partial charge in [0.2, 0.25) is 17.8 Å². The van der Waals surface area contributed by atoms with Gasteiger partial charge in [0, 0.05) is 26.3 Å². The number of nitrogens with two attached hydrogens (primary N) is 1. The highest BCUT2D eigenvalue weighted by Gasteiger charge is 2.40. The van der Waals surface area contributed by atoms with Gasteiger partial charge in [-0.1, -0.05) is 31.0 Å². The number of carbonyl (C=O) groups excluding carboxylic acids is 2. The van der Waals surface area contributed by atoms with Gasteiger partial charge in [-0.25, -0.2) is 0 Å². The predicted molar refractivity (Wildman–Crippen MR) is 116 cm³/mol. The van der Waals surface area contributed by atoms with Gasteiger partial charge in [-0.15, -0.1) is 0 Å². The third-order valence-corrected chi connectivity index (χ3v) is 5.97. The van der Waals surface area contributed by atoms with Crippen LogP contribution < -0.4 is 15.5 Å². The topological polar surface area (TPSA) is 115 Å². The number of rotatable bonds is 5. The molecular weight excluding hydrogens is 396 g/mol. The number of benzene rings is 1. The molecule has 2 aliphatic rings. The molecule has 9 heteroatoms. The Labute approximate surface area is 181 Å². The number of anilines is 3. The zero-order valence-electron chi connectivity index (χ0n) is 18.0. The number of ether oxygens (including phenoxy) is 1. The van der Waals surface area contributed by atoms with Crippen LogP contribution in [0.2, 0.25) is 0 Å². The lowest BCUT2D eigenvalue weighted by atomic mass is 9.78. The summed E-state index contributed by atoms with van der Waals surface area (Å²) in [5.41, 5.74) is 7.87. The number of esters is 1. The Hall–Kier alpha value is -3.23. The molecule has 1 aromatic carbocycles. The van der Waals surface area contributed by atoms with E-state index in [-0.39, 0.29) is 36.2 Å². The second-order valence-corrected chi connectivity index (χ2v) is 8.28. The summed E-state index contributed by atoms with van der Waals surface area (Å²) in [4.78, 5) is 42.2. The van der Waals surface area contributed by atoms with Gasteiger partial charge in [-0.3, -0.25) is 9.59 Å². The van der Waals surface area contributed by atoms with Crippen LogP contribution in [-0.2, 0) is 27.4 Å². The molecule has 0 radical (unpaired) electrons. The van der Waals surface area contributed by atoms with Gasteiger partial charge >= 0.3 is 5.97 Å². The number of nitrogen functional groups attached to an aromatic ring is 1. The van der Waals surface area contributed by atoms with Crippen LogP contribution in [0.25, 0.3) is 0 Å². The van der Waals surface area contributed by atoms with E-state index in [0.29, 0.717) is 25.3 Å². The SMILES string of the molecule is CN(C)c1nc(N)nc(COC(=O)[C@H]2CCCC[C@H]2C(=O)N2CCc3ccccc32)n1. The van der Waals surface area contributed by atoms with Crippen LogP contribution in [0, 0.1) is 11.8 Å². The largest absolute Gasteiger partial charge is 0.457 e. The summed E-state index contributed by atoms with van der Waals surface area (Å²) in [5, 5.41) is 0. The van der Waals surface area contributed by atoms with Crippen molar-refractivity contribution < 1.29 is 14.3 Å². The van der Waals surface area contributed by atoms with Gasteiger partial charge < -0.3 is 20.3 Å². The minimum absolute atomic E-state index is 0.0194. The van der Waals surface area contributed by atoms with Crippen molar-refractivity contribution in [1.82, 2.24) is 15.0 Å². The van der Waals surface area contributed by atoms with Crippen molar-refractivity contribution in [2.75, 3.05) is 36.2 Å². The van der Waals surface area contributed by atoms with Crippen molar-refractivity contribution in [2.24, 2.45) is 11.8 Å². The molecule has 2 heterocycles. The number of hydrogen-bond donors (Lipinski definition) is 1. The number of fused-ring (bicyclic) bond motifs is 1. The van der Waals surface area contributed by atoms with E-state index in [4.69, 9.17) is 10.5 Å². The Bertz CT molecular complexity index is 979. The van der Waals surface area contributed by atoms with Crippen molar-refractivity contribution >= 4 is 29.5 Å². The van der Waals surface area contributed by atoms with Crippen LogP contribution >= 0.6 is 0 Å². The van der Waals surface area contributed by atoms with E-state index in [1.54, 1.807) is 19.0 Å². The fraction of sp³-hybridized carbons (Fsp3) is 0.500. The monoisotopic (exact) mass is 424 g/mol. The molecule has 2 N–H and O–H groups in total. The molecule has 0 unspecified atom stereocenters. The first-order valence-corrected chi connectivity index (χ1v) is 10.7. The lowest BCUT2D eigenvalue weighted by molar-refractivity contribution is -0.155. The molecule has 0 saturated heterocycles. The summed E-state index contributed by atoms with van der Waals surface area (Å²) in [6.07, 6.45) is 4.03. The van der Waals surface area contributed by atoms with Gasteiger partial charge in [0.1, 0.15) is 0 Å². The number of carbonyl (C=O) groups is 2. The van der Waals surface area contributed by atoms with Crippen molar-refractivity contribution in [3.8, 4) is 0 Å². The molecule has 1 amide bonds. The zero-order valence-corrected chi connectivity index (χ0v) is 18.0. The van der Waals surface area contributed by atoms with E-state index in [2.05, 4.69) is 21.0 Å². The average molecular weight is 425 g/mol. The lowest BCUT2D eigenvalue weighted by Crippen LogP contribution is -2.42. The summed E-state index contributed by atoms with van der Waals surface area (Å²) >= 11 is 0. The van der Waals surface area contributed by atoms with Gasteiger partial charge in [0.15, 0.2) is 12.4 Å². The molecule has 4 rings (SSSR count). The van der Waals surface area contributed by atoms with E-state index >= 15 is 0 Å². The Morgan fingerprint density at radius 1 is 1.13 bits per heavy atom. The first-order valence-electron chi connectivity index (χ1n) is 10.7. The molecule has 0 spiro atoms. The maximum atomic E-state index is 13.4. The summed E-state index contributed by atoms with van der Waals surface area (Å²) in [5.74, 6) is -0.423. The van der Waals surface area contributed by atoms with Crippen LogP contribution in [0.4, 0.5) is 17.6 Å². The molecule has 2 aromatic rings. The smallest absolute Gasteiger partial charge is 0.310 e. The van der Waals surface area contributed by atoms with Crippen LogP contribution in [-0.4, -0.2) is 47.5 Å². The predicted octanol–water partition coefficient (Wildman–Crippen LogP) is 1.96. The summed E-state index contributed by atoms with van der Waals surface area (Å²) in [6, 6.07) is 7.96. The van der Waals surface area contributed by atoms with E-state index in [9.17, 15) is 9.59 Å². The maximum Gasteiger partial charge on any atom is 0.310 e. The van der Waals surface area contributed by atoms with E-state index in [1.807, 2.05) is 23.1 Å².